The van der Waals surface area contributed by atoms with Crippen LogP contribution in [-0.4, -0.2) is 39.7 Å². The number of benzene rings is 1. The van der Waals surface area contributed by atoms with Crippen LogP contribution in [0.15, 0.2) is 42.2 Å². The van der Waals surface area contributed by atoms with Crippen LogP contribution in [0, 0.1) is 0 Å². The lowest BCUT2D eigenvalue weighted by Crippen LogP contribution is -2.43. The SMILES string of the molecule is CCOC(=O)[C@H]1CC(O[Si](C)(C)C(C)(C)C)=C[C@@H](CCOCc2ccccc2)O1. The molecular formula is C23H36O5Si. The number of carbonyl (C=O) groups excluding carboxylic acids is 1. The first-order chi connectivity index (χ1) is 13.6. The van der Waals surface area contributed by atoms with Gasteiger partial charge < -0.3 is 18.6 Å². The topological polar surface area (TPSA) is 54.0 Å². The Balaban J connectivity index is 2.00. The number of esters is 1. The molecule has 2 rings (SSSR count). The fourth-order valence-corrected chi connectivity index (χ4v) is 3.92. The Hall–Kier alpha value is -1.63. The average Bonchev–Trinajstić information content (AvgIpc) is 2.65. The Morgan fingerprint density at radius 1 is 1.21 bits per heavy atom. The van der Waals surface area contributed by atoms with Crippen LogP contribution < -0.4 is 0 Å². The first-order valence-corrected chi connectivity index (χ1v) is 13.4. The lowest BCUT2D eigenvalue weighted by molar-refractivity contribution is -0.161. The summed E-state index contributed by atoms with van der Waals surface area (Å²) in [6, 6.07) is 10.1. The zero-order valence-electron chi connectivity index (χ0n) is 18.7. The fourth-order valence-electron chi connectivity index (χ4n) is 2.80. The molecule has 1 heterocycles. The number of carbonyl (C=O) groups is 1. The number of hydrogen-bond acceptors (Lipinski definition) is 5. The zero-order valence-corrected chi connectivity index (χ0v) is 19.7. The number of rotatable bonds is 9. The van der Waals surface area contributed by atoms with Gasteiger partial charge in [-0.25, -0.2) is 4.79 Å². The molecule has 2 atom stereocenters. The molecule has 0 saturated carbocycles. The molecule has 162 valence electrons. The molecule has 0 amide bonds. The molecule has 1 aromatic rings. The molecule has 0 fully saturated rings. The normalized spacial score (nSPS) is 20.1. The highest BCUT2D eigenvalue weighted by atomic mass is 28.4. The summed E-state index contributed by atoms with van der Waals surface area (Å²) in [5, 5.41) is 0.0832. The van der Waals surface area contributed by atoms with E-state index >= 15 is 0 Å². The monoisotopic (exact) mass is 420 g/mol. The van der Waals surface area contributed by atoms with E-state index in [0.717, 1.165) is 11.3 Å². The van der Waals surface area contributed by atoms with Crippen molar-refractivity contribution < 1.29 is 23.4 Å². The second-order valence-electron chi connectivity index (χ2n) is 8.94. The number of ether oxygens (including phenoxy) is 3. The van der Waals surface area contributed by atoms with Crippen LogP contribution in [0.3, 0.4) is 0 Å². The standard InChI is InChI=1S/C23H36O5Si/c1-7-26-22(24)21-16-20(28-29(5,6)23(2,3)4)15-19(27-21)13-14-25-17-18-11-9-8-10-12-18/h8-12,15,19,21H,7,13-14,16-17H2,1-6H3/t19-,21-/m1/s1. The maximum absolute atomic E-state index is 12.3. The van der Waals surface area contributed by atoms with Gasteiger partial charge in [0.2, 0.25) is 8.32 Å². The van der Waals surface area contributed by atoms with Crippen LogP contribution in [0.4, 0.5) is 0 Å². The maximum Gasteiger partial charge on any atom is 0.335 e. The molecule has 0 radical (unpaired) electrons. The van der Waals surface area contributed by atoms with Gasteiger partial charge in [-0.2, -0.15) is 0 Å². The quantitative estimate of drug-likeness (QED) is 0.311. The molecule has 0 bridgehead atoms. The zero-order chi connectivity index (χ0) is 21.5. The molecule has 0 N–H and O–H groups in total. The third kappa shape index (κ3) is 7.28. The van der Waals surface area contributed by atoms with Crippen LogP contribution in [0.2, 0.25) is 18.1 Å². The fraction of sp³-hybridized carbons (Fsp3) is 0.609. The Bertz CT molecular complexity index is 678. The second kappa shape index (κ2) is 10.4. The Labute approximate surface area is 176 Å². The largest absolute Gasteiger partial charge is 0.547 e. The van der Waals surface area contributed by atoms with Gasteiger partial charge in [0.1, 0.15) is 0 Å². The smallest absolute Gasteiger partial charge is 0.335 e. The van der Waals surface area contributed by atoms with E-state index in [4.69, 9.17) is 18.6 Å². The van der Waals surface area contributed by atoms with Crippen molar-refractivity contribution in [1.29, 1.82) is 0 Å². The minimum Gasteiger partial charge on any atom is -0.547 e. The predicted molar refractivity (Wildman–Crippen MR) is 117 cm³/mol. The minimum absolute atomic E-state index is 0.0832. The van der Waals surface area contributed by atoms with Crippen molar-refractivity contribution in [2.45, 2.75) is 77.5 Å². The summed E-state index contributed by atoms with van der Waals surface area (Å²) in [6.45, 7) is 14.3. The molecular weight excluding hydrogens is 384 g/mol. The third-order valence-corrected chi connectivity index (χ3v) is 9.88. The van der Waals surface area contributed by atoms with Gasteiger partial charge >= 0.3 is 5.97 Å². The van der Waals surface area contributed by atoms with Gasteiger partial charge in [0.25, 0.3) is 0 Å². The first kappa shape index (κ1) is 23.6. The van der Waals surface area contributed by atoms with Crippen molar-refractivity contribution in [3.8, 4) is 0 Å². The first-order valence-electron chi connectivity index (χ1n) is 10.5. The Morgan fingerprint density at radius 3 is 2.52 bits per heavy atom. The molecule has 1 aliphatic rings. The molecule has 6 heteroatoms. The Kier molecular flexibility index (Phi) is 8.49. The molecule has 0 saturated heterocycles. The van der Waals surface area contributed by atoms with E-state index in [1.807, 2.05) is 36.4 Å². The summed E-state index contributed by atoms with van der Waals surface area (Å²) in [4.78, 5) is 12.3. The lowest BCUT2D eigenvalue weighted by Gasteiger charge is -2.39. The highest BCUT2D eigenvalue weighted by Crippen LogP contribution is 2.39. The molecule has 0 aromatic heterocycles. The van der Waals surface area contributed by atoms with Crippen molar-refractivity contribution in [2.24, 2.45) is 0 Å². The molecule has 29 heavy (non-hydrogen) atoms. The number of hydrogen-bond donors (Lipinski definition) is 0. The van der Waals surface area contributed by atoms with Gasteiger partial charge in [-0.05, 0) is 36.7 Å². The maximum atomic E-state index is 12.3. The van der Waals surface area contributed by atoms with Crippen molar-refractivity contribution in [3.63, 3.8) is 0 Å². The van der Waals surface area contributed by atoms with E-state index in [-0.39, 0.29) is 17.1 Å². The van der Waals surface area contributed by atoms with Gasteiger partial charge in [0.05, 0.1) is 25.1 Å². The summed E-state index contributed by atoms with van der Waals surface area (Å²) in [5.74, 6) is 0.515. The van der Waals surface area contributed by atoms with Crippen molar-refractivity contribution in [2.75, 3.05) is 13.2 Å². The lowest BCUT2D eigenvalue weighted by atomic mass is 10.1. The van der Waals surface area contributed by atoms with E-state index in [9.17, 15) is 4.79 Å². The Morgan fingerprint density at radius 2 is 1.90 bits per heavy atom. The summed E-state index contributed by atoms with van der Waals surface area (Å²) in [5.41, 5.74) is 1.14. The van der Waals surface area contributed by atoms with E-state index in [1.165, 1.54) is 0 Å². The summed E-state index contributed by atoms with van der Waals surface area (Å²) in [6.07, 6.45) is 2.24. The van der Waals surface area contributed by atoms with Crippen LogP contribution in [0.5, 0.6) is 0 Å². The van der Waals surface area contributed by atoms with E-state index < -0.39 is 14.4 Å². The molecule has 0 aliphatic carbocycles. The van der Waals surface area contributed by atoms with E-state index in [0.29, 0.717) is 32.7 Å². The molecule has 0 spiro atoms. The second-order valence-corrected chi connectivity index (χ2v) is 13.7. The van der Waals surface area contributed by atoms with E-state index in [1.54, 1.807) is 6.92 Å². The molecule has 1 aliphatic heterocycles. The average molecular weight is 421 g/mol. The summed E-state index contributed by atoms with van der Waals surface area (Å²) >= 11 is 0. The summed E-state index contributed by atoms with van der Waals surface area (Å²) in [7, 11) is -1.99. The van der Waals surface area contributed by atoms with E-state index in [2.05, 4.69) is 33.9 Å². The van der Waals surface area contributed by atoms with Gasteiger partial charge in [-0.3, -0.25) is 0 Å². The van der Waals surface area contributed by atoms with Crippen molar-refractivity contribution in [3.05, 3.63) is 47.7 Å². The molecule has 5 nitrogen and oxygen atoms in total. The molecule has 1 aromatic carbocycles. The van der Waals surface area contributed by atoms with Crippen LogP contribution in [0.1, 0.15) is 46.1 Å². The summed E-state index contributed by atoms with van der Waals surface area (Å²) < 4.78 is 23.5. The predicted octanol–water partition coefficient (Wildman–Crippen LogP) is 5.22. The third-order valence-electron chi connectivity index (χ3n) is 5.50. The highest BCUT2D eigenvalue weighted by molar-refractivity contribution is 6.74. The minimum atomic E-state index is -1.99. The van der Waals surface area contributed by atoms with Crippen LogP contribution in [-0.2, 0) is 30.0 Å². The van der Waals surface area contributed by atoms with Gasteiger partial charge in [0.15, 0.2) is 6.10 Å². The van der Waals surface area contributed by atoms with Crippen LogP contribution >= 0.6 is 0 Å². The van der Waals surface area contributed by atoms with Crippen molar-refractivity contribution >= 4 is 14.3 Å². The van der Waals surface area contributed by atoms with Gasteiger partial charge in [0, 0.05) is 19.4 Å². The van der Waals surface area contributed by atoms with Crippen molar-refractivity contribution in [1.82, 2.24) is 0 Å². The van der Waals surface area contributed by atoms with Crippen LogP contribution in [0.25, 0.3) is 0 Å². The highest BCUT2D eigenvalue weighted by Gasteiger charge is 2.41. The van der Waals surface area contributed by atoms with Gasteiger partial charge in [-0.15, -0.1) is 0 Å². The molecule has 0 unspecified atom stereocenters. The van der Waals surface area contributed by atoms with Gasteiger partial charge in [-0.1, -0.05) is 51.1 Å².